The number of carbonyl (C=O) groups excluding carboxylic acids is 1. The molecule has 5 nitrogen and oxygen atoms in total. The van der Waals surface area contributed by atoms with Crippen LogP contribution in [-0.4, -0.2) is 49.9 Å². The van der Waals surface area contributed by atoms with Gasteiger partial charge in [-0.1, -0.05) is 23.9 Å². The van der Waals surface area contributed by atoms with Gasteiger partial charge in [0, 0.05) is 25.0 Å². The molecule has 1 aromatic heterocycles. The predicted molar refractivity (Wildman–Crippen MR) is 109 cm³/mol. The van der Waals surface area contributed by atoms with Gasteiger partial charge in [-0.25, -0.2) is 4.98 Å². The van der Waals surface area contributed by atoms with Gasteiger partial charge in [0.15, 0.2) is 5.16 Å². The summed E-state index contributed by atoms with van der Waals surface area (Å²) in [6.45, 7) is 6.80. The molecule has 2 aromatic rings. The highest BCUT2D eigenvalue weighted by Gasteiger charge is 2.27. The fourth-order valence-corrected chi connectivity index (χ4v) is 4.61. The van der Waals surface area contributed by atoms with E-state index in [1.807, 2.05) is 17.2 Å². The Morgan fingerprint density at radius 3 is 2.96 bits per heavy atom. The van der Waals surface area contributed by atoms with Gasteiger partial charge in [0.05, 0.1) is 17.5 Å². The molecule has 1 amide bonds. The molecule has 27 heavy (non-hydrogen) atoms. The number of aliphatic hydroxyl groups excluding tert-OH is 1. The maximum Gasteiger partial charge on any atom is 0.233 e. The number of thioether (sulfide) groups is 1. The Hall–Kier alpha value is -1.79. The molecule has 1 aromatic carbocycles. The second-order valence-corrected chi connectivity index (χ2v) is 8.35. The number of aliphatic hydroxyl groups is 1. The van der Waals surface area contributed by atoms with E-state index < -0.39 is 0 Å². The Labute approximate surface area is 165 Å². The molecular weight excluding hydrogens is 358 g/mol. The van der Waals surface area contributed by atoms with Crippen LogP contribution in [0.4, 0.5) is 0 Å². The maximum atomic E-state index is 12.8. The fourth-order valence-electron chi connectivity index (χ4n) is 3.75. The van der Waals surface area contributed by atoms with E-state index in [2.05, 4.69) is 35.5 Å². The minimum atomic E-state index is -0.376. The van der Waals surface area contributed by atoms with Crippen molar-refractivity contribution in [2.45, 2.75) is 63.8 Å². The molecule has 6 heteroatoms. The number of carbonyl (C=O) groups is 1. The standard InChI is InChI=1S/C21H29N3O2S/c1-15-7-6-9-19(17(15)3)24-12-10-22-21(24)27-14-20(26)23-11-5-4-8-18(23)13-16(2)25/h6-7,9-10,12,16,18,25H,4-5,8,11,13-14H2,1-3H3/t16-,18+/m0/s1. The average Bonchev–Trinajstić information content (AvgIpc) is 3.10. The Balaban J connectivity index is 1.69. The van der Waals surface area contributed by atoms with Gasteiger partial charge in [-0.2, -0.15) is 0 Å². The van der Waals surface area contributed by atoms with E-state index in [0.717, 1.165) is 36.7 Å². The Morgan fingerprint density at radius 2 is 2.19 bits per heavy atom. The van der Waals surface area contributed by atoms with E-state index in [0.29, 0.717) is 12.2 Å². The smallest absolute Gasteiger partial charge is 0.233 e. The molecule has 1 fully saturated rings. The van der Waals surface area contributed by atoms with Crippen molar-refractivity contribution < 1.29 is 9.90 Å². The minimum absolute atomic E-state index is 0.140. The number of aromatic nitrogens is 2. The SMILES string of the molecule is Cc1cccc(-n2ccnc2SCC(=O)N2CCCC[C@@H]2C[C@H](C)O)c1C. The topological polar surface area (TPSA) is 58.4 Å². The molecule has 0 spiro atoms. The normalized spacial score (nSPS) is 18.5. The largest absolute Gasteiger partial charge is 0.393 e. The zero-order valence-corrected chi connectivity index (χ0v) is 17.2. The van der Waals surface area contributed by atoms with Crippen LogP contribution in [-0.2, 0) is 4.79 Å². The van der Waals surface area contributed by atoms with Gasteiger partial charge in [0.25, 0.3) is 0 Å². The van der Waals surface area contributed by atoms with Gasteiger partial charge in [-0.05, 0) is 63.6 Å². The molecule has 0 aliphatic carbocycles. The highest BCUT2D eigenvalue weighted by atomic mass is 32.2. The first-order chi connectivity index (χ1) is 13.0. The third-order valence-electron chi connectivity index (χ3n) is 5.33. The lowest BCUT2D eigenvalue weighted by Gasteiger charge is -2.36. The summed E-state index contributed by atoms with van der Waals surface area (Å²) < 4.78 is 2.06. The Kier molecular flexibility index (Phi) is 6.60. The van der Waals surface area contributed by atoms with Crippen molar-refractivity contribution >= 4 is 17.7 Å². The second kappa shape index (κ2) is 8.93. The van der Waals surface area contributed by atoms with Crippen LogP contribution in [0.3, 0.4) is 0 Å². The summed E-state index contributed by atoms with van der Waals surface area (Å²) in [6.07, 6.45) is 7.18. The van der Waals surface area contributed by atoms with E-state index in [9.17, 15) is 9.90 Å². The van der Waals surface area contributed by atoms with Crippen LogP contribution in [0.15, 0.2) is 35.7 Å². The van der Waals surface area contributed by atoms with Gasteiger partial charge in [-0.15, -0.1) is 0 Å². The van der Waals surface area contributed by atoms with Crippen molar-refractivity contribution in [1.29, 1.82) is 0 Å². The summed E-state index contributed by atoms with van der Waals surface area (Å²) in [5.41, 5.74) is 3.56. The lowest BCUT2D eigenvalue weighted by molar-refractivity contribution is -0.132. The van der Waals surface area contributed by atoms with Crippen molar-refractivity contribution in [3.63, 3.8) is 0 Å². The zero-order chi connectivity index (χ0) is 19.4. The predicted octanol–water partition coefficient (Wildman–Crippen LogP) is 3.73. The van der Waals surface area contributed by atoms with Gasteiger partial charge in [0.1, 0.15) is 0 Å². The quantitative estimate of drug-likeness (QED) is 0.767. The molecule has 0 bridgehead atoms. The summed E-state index contributed by atoms with van der Waals surface area (Å²) in [5, 5.41) is 10.6. The molecule has 0 saturated carbocycles. The van der Waals surface area contributed by atoms with Crippen LogP contribution in [0.1, 0.15) is 43.7 Å². The van der Waals surface area contributed by atoms with E-state index in [-0.39, 0.29) is 18.1 Å². The molecule has 2 atom stereocenters. The van der Waals surface area contributed by atoms with E-state index in [4.69, 9.17) is 0 Å². The van der Waals surface area contributed by atoms with Crippen molar-refractivity contribution in [2.24, 2.45) is 0 Å². The number of nitrogens with zero attached hydrogens (tertiary/aromatic N) is 3. The molecule has 0 radical (unpaired) electrons. The van der Waals surface area contributed by atoms with Gasteiger partial charge in [-0.3, -0.25) is 9.36 Å². The van der Waals surface area contributed by atoms with Crippen molar-refractivity contribution in [3.05, 3.63) is 41.7 Å². The number of hydrogen-bond donors (Lipinski definition) is 1. The molecule has 3 rings (SSSR count). The van der Waals surface area contributed by atoms with Crippen molar-refractivity contribution in [3.8, 4) is 5.69 Å². The number of rotatable bonds is 6. The zero-order valence-electron chi connectivity index (χ0n) is 16.4. The summed E-state index contributed by atoms with van der Waals surface area (Å²) in [5.74, 6) is 0.513. The lowest BCUT2D eigenvalue weighted by atomic mass is 9.97. The number of benzene rings is 1. The van der Waals surface area contributed by atoms with E-state index in [1.54, 1.807) is 13.1 Å². The number of aryl methyl sites for hydroxylation is 1. The van der Waals surface area contributed by atoms with Crippen LogP contribution in [0, 0.1) is 13.8 Å². The number of amides is 1. The lowest BCUT2D eigenvalue weighted by Crippen LogP contribution is -2.45. The van der Waals surface area contributed by atoms with Crippen LogP contribution in [0.5, 0.6) is 0 Å². The maximum absolute atomic E-state index is 12.8. The first-order valence-electron chi connectivity index (χ1n) is 9.67. The van der Waals surface area contributed by atoms with Crippen LogP contribution < -0.4 is 0 Å². The van der Waals surface area contributed by atoms with E-state index in [1.165, 1.54) is 22.9 Å². The minimum Gasteiger partial charge on any atom is -0.393 e. The molecule has 0 unspecified atom stereocenters. The molecule has 1 saturated heterocycles. The Morgan fingerprint density at radius 1 is 1.37 bits per heavy atom. The first-order valence-corrected chi connectivity index (χ1v) is 10.7. The number of hydrogen-bond acceptors (Lipinski definition) is 4. The first kappa shape index (κ1) is 20.0. The van der Waals surface area contributed by atoms with Crippen molar-refractivity contribution in [2.75, 3.05) is 12.3 Å². The molecule has 1 N–H and O–H groups in total. The number of likely N-dealkylation sites (tertiary alicyclic amines) is 1. The molecule has 2 heterocycles. The van der Waals surface area contributed by atoms with Crippen LogP contribution in [0.25, 0.3) is 5.69 Å². The van der Waals surface area contributed by atoms with Crippen molar-refractivity contribution in [1.82, 2.24) is 14.5 Å². The summed E-state index contributed by atoms with van der Waals surface area (Å²) in [4.78, 5) is 19.3. The second-order valence-electron chi connectivity index (χ2n) is 7.41. The molecule has 1 aliphatic rings. The average molecular weight is 388 g/mol. The number of imidazole rings is 1. The fraction of sp³-hybridized carbons (Fsp3) is 0.524. The summed E-state index contributed by atoms with van der Waals surface area (Å²) in [7, 11) is 0. The van der Waals surface area contributed by atoms with Crippen LogP contribution >= 0.6 is 11.8 Å². The molecule has 146 valence electrons. The van der Waals surface area contributed by atoms with Gasteiger partial charge < -0.3 is 10.0 Å². The van der Waals surface area contributed by atoms with Gasteiger partial charge >= 0.3 is 0 Å². The monoisotopic (exact) mass is 387 g/mol. The van der Waals surface area contributed by atoms with Gasteiger partial charge in [0.2, 0.25) is 5.91 Å². The highest BCUT2D eigenvalue weighted by Crippen LogP contribution is 2.26. The number of piperidine rings is 1. The Bertz CT molecular complexity index is 787. The highest BCUT2D eigenvalue weighted by molar-refractivity contribution is 7.99. The molecule has 1 aliphatic heterocycles. The third-order valence-corrected chi connectivity index (χ3v) is 6.28. The third kappa shape index (κ3) is 4.74. The van der Waals surface area contributed by atoms with Crippen LogP contribution in [0.2, 0.25) is 0 Å². The summed E-state index contributed by atoms with van der Waals surface area (Å²) >= 11 is 1.48. The molecular formula is C21H29N3O2S. The summed E-state index contributed by atoms with van der Waals surface area (Å²) in [6, 6.07) is 6.39. The van der Waals surface area contributed by atoms with E-state index >= 15 is 0 Å².